The van der Waals surface area contributed by atoms with Gasteiger partial charge in [-0.05, 0) is 25.3 Å². The van der Waals surface area contributed by atoms with Gasteiger partial charge in [-0.1, -0.05) is 0 Å². The smallest absolute Gasteiger partial charge is 0.141 e. The first-order chi connectivity index (χ1) is 10.7. The molecule has 3 heterocycles. The van der Waals surface area contributed by atoms with Gasteiger partial charge in [0, 0.05) is 36.2 Å². The number of carbonyl (C=O) groups excluding carboxylic acids is 1. The molecular formula is C16H17N5O. The zero-order valence-corrected chi connectivity index (χ0v) is 12.4. The van der Waals surface area contributed by atoms with Gasteiger partial charge in [0.05, 0.1) is 17.9 Å². The molecule has 1 N–H and O–H groups in total. The Balaban J connectivity index is 1.66. The molecule has 0 unspecified atom stereocenters. The van der Waals surface area contributed by atoms with Gasteiger partial charge in [0.2, 0.25) is 0 Å². The highest BCUT2D eigenvalue weighted by molar-refractivity contribution is 5.90. The first kappa shape index (κ1) is 13.2. The minimum Gasteiger partial charge on any atom is -0.346 e. The maximum absolute atomic E-state index is 11.5. The van der Waals surface area contributed by atoms with Gasteiger partial charge in [-0.3, -0.25) is 9.48 Å². The summed E-state index contributed by atoms with van der Waals surface area (Å²) < 4.78 is 1.96. The van der Waals surface area contributed by atoms with Crippen molar-refractivity contribution < 1.29 is 4.79 Å². The monoisotopic (exact) mass is 295 g/mol. The van der Waals surface area contributed by atoms with Crippen LogP contribution in [0.15, 0.2) is 31.0 Å². The van der Waals surface area contributed by atoms with Crippen LogP contribution in [0, 0.1) is 5.92 Å². The predicted molar refractivity (Wildman–Crippen MR) is 82.2 cm³/mol. The summed E-state index contributed by atoms with van der Waals surface area (Å²) in [7, 11) is 0. The molecule has 3 aromatic rings. The van der Waals surface area contributed by atoms with E-state index >= 15 is 0 Å². The second kappa shape index (κ2) is 5.05. The summed E-state index contributed by atoms with van der Waals surface area (Å²) >= 11 is 0. The molecule has 1 aliphatic carbocycles. The lowest BCUT2D eigenvalue weighted by Gasteiger charge is -2.18. The Morgan fingerprint density at radius 3 is 3.14 bits per heavy atom. The van der Waals surface area contributed by atoms with Crippen LogP contribution in [0.25, 0.3) is 22.3 Å². The Bertz CT molecular complexity index is 834. The Morgan fingerprint density at radius 2 is 2.32 bits per heavy atom. The van der Waals surface area contributed by atoms with Crippen molar-refractivity contribution >= 4 is 16.8 Å². The fourth-order valence-corrected chi connectivity index (χ4v) is 3.26. The summed E-state index contributed by atoms with van der Waals surface area (Å²) in [5.41, 5.74) is 2.68. The number of hydrogen-bond donors (Lipinski definition) is 1. The Labute approximate surface area is 127 Å². The van der Waals surface area contributed by atoms with Crippen LogP contribution in [-0.2, 0) is 4.79 Å². The van der Waals surface area contributed by atoms with Gasteiger partial charge in [-0.15, -0.1) is 0 Å². The number of H-pyrrole nitrogens is 1. The topological polar surface area (TPSA) is 76.5 Å². The highest BCUT2D eigenvalue weighted by Gasteiger charge is 2.28. The number of carbonyl (C=O) groups is 1. The lowest BCUT2D eigenvalue weighted by Crippen LogP contribution is -2.14. The van der Waals surface area contributed by atoms with Crippen LogP contribution in [-0.4, -0.2) is 30.5 Å². The molecule has 1 saturated carbocycles. The third kappa shape index (κ3) is 2.11. The molecule has 3 aromatic heterocycles. The number of aromatic nitrogens is 5. The molecule has 1 fully saturated rings. The summed E-state index contributed by atoms with van der Waals surface area (Å²) in [6, 6.07) is 2.20. The van der Waals surface area contributed by atoms with Gasteiger partial charge >= 0.3 is 0 Å². The van der Waals surface area contributed by atoms with Crippen LogP contribution >= 0.6 is 0 Å². The summed E-state index contributed by atoms with van der Waals surface area (Å²) in [6.45, 7) is 2.13. The molecule has 0 spiro atoms. The Kier molecular flexibility index (Phi) is 3.03. The van der Waals surface area contributed by atoms with Crippen LogP contribution in [0.5, 0.6) is 0 Å². The fraction of sp³-hybridized carbons (Fsp3) is 0.375. The van der Waals surface area contributed by atoms with Gasteiger partial charge in [0.15, 0.2) is 0 Å². The normalized spacial score (nSPS) is 19.9. The van der Waals surface area contributed by atoms with Crippen molar-refractivity contribution in [3.63, 3.8) is 0 Å². The number of fused-ring (bicyclic) bond motifs is 1. The fourth-order valence-electron chi connectivity index (χ4n) is 3.26. The molecule has 0 aliphatic heterocycles. The number of Topliss-reactive ketones (excluding diaryl/α,β-unsaturated/α-hetero) is 1. The highest BCUT2D eigenvalue weighted by Crippen LogP contribution is 2.33. The third-order valence-corrected chi connectivity index (χ3v) is 4.61. The van der Waals surface area contributed by atoms with Crippen molar-refractivity contribution in [1.29, 1.82) is 0 Å². The maximum atomic E-state index is 11.5. The first-order valence-corrected chi connectivity index (χ1v) is 7.56. The SMILES string of the molecule is C[C@H]([C@H]1CCC(=O)C1)n1cc(-c2ncnc3[nH]ccc23)cn1. The second-order valence-electron chi connectivity index (χ2n) is 5.95. The van der Waals surface area contributed by atoms with Gasteiger partial charge in [0.25, 0.3) is 0 Å². The molecule has 6 nitrogen and oxygen atoms in total. The van der Waals surface area contributed by atoms with Crippen molar-refractivity contribution in [3.05, 3.63) is 31.0 Å². The maximum Gasteiger partial charge on any atom is 0.141 e. The van der Waals surface area contributed by atoms with Crippen molar-refractivity contribution in [2.75, 3.05) is 0 Å². The Hall–Kier alpha value is -2.50. The first-order valence-electron chi connectivity index (χ1n) is 7.56. The Morgan fingerprint density at radius 1 is 1.41 bits per heavy atom. The largest absolute Gasteiger partial charge is 0.346 e. The molecule has 4 rings (SSSR count). The lowest BCUT2D eigenvalue weighted by molar-refractivity contribution is -0.117. The summed E-state index contributed by atoms with van der Waals surface area (Å²) in [4.78, 5) is 23.2. The number of rotatable bonds is 3. The van der Waals surface area contributed by atoms with Gasteiger partial charge in [0.1, 0.15) is 17.8 Å². The molecule has 1 aliphatic rings. The zero-order chi connectivity index (χ0) is 15.1. The quantitative estimate of drug-likeness (QED) is 0.806. The molecule has 0 radical (unpaired) electrons. The van der Waals surface area contributed by atoms with Crippen LogP contribution in [0.1, 0.15) is 32.2 Å². The van der Waals surface area contributed by atoms with E-state index in [2.05, 4.69) is 27.0 Å². The van der Waals surface area contributed by atoms with Crippen LogP contribution in [0.2, 0.25) is 0 Å². The van der Waals surface area contributed by atoms with Crippen molar-refractivity contribution in [2.45, 2.75) is 32.2 Å². The number of aromatic amines is 1. The van der Waals surface area contributed by atoms with E-state index in [-0.39, 0.29) is 6.04 Å². The zero-order valence-electron chi connectivity index (χ0n) is 12.4. The van der Waals surface area contributed by atoms with E-state index < -0.39 is 0 Å². The van der Waals surface area contributed by atoms with Crippen LogP contribution < -0.4 is 0 Å². The second-order valence-corrected chi connectivity index (χ2v) is 5.95. The molecule has 6 heteroatoms. The number of nitrogens with one attached hydrogen (secondary N) is 1. The molecule has 112 valence electrons. The van der Waals surface area contributed by atoms with Gasteiger partial charge in [-0.2, -0.15) is 5.10 Å². The van der Waals surface area contributed by atoms with Crippen LogP contribution in [0.4, 0.5) is 0 Å². The third-order valence-electron chi connectivity index (χ3n) is 4.61. The molecule has 0 saturated heterocycles. The molecule has 0 aromatic carbocycles. The van der Waals surface area contributed by atoms with E-state index in [9.17, 15) is 4.79 Å². The average molecular weight is 295 g/mol. The predicted octanol–water partition coefficient (Wildman–Crippen LogP) is 2.75. The van der Waals surface area contributed by atoms with E-state index in [1.165, 1.54) is 0 Å². The molecular weight excluding hydrogens is 278 g/mol. The van der Waals surface area contributed by atoms with E-state index in [0.29, 0.717) is 24.5 Å². The molecule has 0 amide bonds. The minimum absolute atomic E-state index is 0.226. The standard InChI is InChI=1S/C16H17N5O/c1-10(11-2-3-13(22)6-11)21-8-12(7-20-21)15-14-4-5-17-16(14)19-9-18-15/h4-5,7-11H,2-3,6H2,1H3,(H,17,18,19)/t10-,11+/m1/s1. The van der Waals surface area contributed by atoms with E-state index in [1.54, 1.807) is 6.33 Å². The summed E-state index contributed by atoms with van der Waals surface area (Å²) in [5.74, 6) is 0.756. The molecule has 0 bridgehead atoms. The van der Waals surface area contributed by atoms with E-state index in [1.807, 2.05) is 29.3 Å². The van der Waals surface area contributed by atoms with Gasteiger partial charge in [-0.25, -0.2) is 9.97 Å². The van der Waals surface area contributed by atoms with Crippen molar-refractivity contribution in [1.82, 2.24) is 24.7 Å². The summed E-state index contributed by atoms with van der Waals surface area (Å²) in [5, 5.41) is 5.48. The lowest BCUT2D eigenvalue weighted by atomic mass is 10.00. The van der Waals surface area contributed by atoms with E-state index in [4.69, 9.17) is 0 Å². The van der Waals surface area contributed by atoms with E-state index in [0.717, 1.165) is 28.7 Å². The number of ketones is 1. The highest BCUT2D eigenvalue weighted by atomic mass is 16.1. The molecule has 2 atom stereocenters. The minimum atomic E-state index is 0.226. The number of nitrogens with zero attached hydrogens (tertiary/aromatic N) is 4. The van der Waals surface area contributed by atoms with Crippen molar-refractivity contribution in [3.8, 4) is 11.3 Å². The van der Waals surface area contributed by atoms with Crippen LogP contribution in [0.3, 0.4) is 0 Å². The summed E-state index contributed by atoms with van der Waals surface area (Å²) in [6.07, 6.45) is 9.62. The van der Waals surface area contributed by atoms with Crippen molar-refractivity contribution in [2.24, 2.45) is 5.92 Å². The average Bonchev–Trinajstić information content (AvgIpc) is 3.26. The van der Waals surface area contributed by atoms with Gasteiger partial charge < -0.3 is 4.98 Å². The number of hydrogen-bond acceptors (Lipinski definition) is 4. The molecule has 22 heavy (non-hydrogen) atoms.